The van der Waals surface area contributed by atoms with Gasteiger partial charge in [-0.2, -0.15) is 0 Å². The fourth-order valence-corrected chi connectivity index (χ4v) is 2.28. The molecule has 0 rings (SSSR count). The Morgan fingerprint density at radius 2 is 1.73 bits per heavy atom. The highest BCUT2D eigenvalue weighted by Crippen LogP contribution is 2.07. The monoisotopic (exact) mass is 370 g/mol. The van der Waals surface area contributed by atoms with Crippen molar-refractivity contribution in [3.63, 3.8) is 0 Å². The molecule has 3 unspecified atom stereocenters. The Morgan fingerprint density at radius 1 is 1.12 bits per heavy atom. The predicted molar refractivity (Wildman–Crippen MR) is 101 cm³/mol. The SMILES string of the molecule is CC(C)CC(NC(=O)C(N)C(C)C)C(=O)NC(C=O)CCCNC(=N)N. The Hall–Kier alpha value is -2.16. The largest absolute Gasteiger partial charge is 0.370 e. The van der Waals surface area contributed by atoms with Crippen LogP contribution in [0.15, 0.2) is 0 Å². The lowest BCUT2D eigenvalue weighted by Gasteiger charge is -2.24. The van der Waals surface area contributed by atoms with Crippen molar-refractivity contribution in [3.8, 4) is 0 Å². The maximum atomic E-state index is 12.5. The molecule has 0 aliphatic rings. The van der Waals surface area contributed by atoms with E-state index in [9.17, 15) is 14.4 Å². The molecule has 0 heterocycles. The van der Waals surface area contributed by atoms with E-state index in [2.05, 4.69) is 16.0 Å². The number of rotatable bonds is 12. The number of hydrogen-bond acceptors (Lipinski definition) is 5. The number of carbonyl (C=O) groups excluding carboxylic acids is 3. The number of aldehydes is 1. The van der Waals surface area contributed by atoms with Gasteiger partial charge >= 0.3 is 0 Å². The topological polar surface area (TPSA) is 163 Å². The van der Waals surface area contributed by atoms with Gasteiger partial charge in [-0.1, -0.05) is 27.7 Å². The molecule has 9 nitrogen and oxygen atoms in total. The third-order valence-corrected chi connectivity index (χ3v) is 3.86. The number of hydrogen-bond donors (Lipinski definition) is 6. The molecule has 0 radical (unpaired) electrons. The van der Waals surface area contributed by atoms with Gasteiger partial charge in [0.15, 0.2) is 5.96 Å². The molecule has 0 aromatic rings. The van der Waals surface area contributed by atoms with E-state index in [4.69, 9.17) is 16.9 Å². The molecule has 2 amide bonds. The van der Waals surface area contributed by atoms with E-state index in [1.165, 1.54) is 0 Å². The second-order valence-electron chi connectivity index (χ2n) is 7.19. The highest BCUT2D eigenvalue weighted by molar-refractivity contribution is 5.90. The molecule has 9 heteroatoms. The van der Waals surface area contributed by atoms with Gasteiger partial charge in [0.1, 0.15) is 12.3 Å². The highest BCUT2D eigenvalue weighted by Gasteiger charge is 2.27. The van der Waals surface area contributed by atoms with E-state index >= 15 is 0 Å². The number of nitrogens with one attached hydrogen (secondary N) is 4. The van der Waals surface area contributed by atoms with Crippen LogP contribution >= 0.6 is 0 Å². The first-order chi connectivity index (χ1) is 12.1. The zero-order valence-corrected chi connectivity index (χ0v) is 16.2. The molecule has 0 bridgehead atoms. The van der Waals surface area contributed by atoms with E-state index in [1.54, 1.807) is 0 Å². The van der Waals surface area contributed by atoms with Crippen LogP contribution in [0.3, 0.4) is 0 Å². The molecular formula is C17H34N6O3. The van der Waals surface area contributed by atoms with Crippen molar-refractivity contribution in [1.29, 1.82) is 5.41 Å². The van der Waals surface area contributed by atoms with E-state index in [0.717, 1.165) is 0 Å². The van der Waals surface area contributed by atoms with Gasteiger partial charge in [-0.05, 0) is 31.1 Å². The number of carbonyl (C=O) groups is 3. The van der Waals surface area contributed by atoms with Crippen LogP contribution in [0.1, 0.15) is 47.0 Å². The van der Waals surface area contributed by atoms with Gasteiger partial charge in [0.05, 0.1) is 12.1 Å². The van der Waals surface area contributed by atoms with Crippen molar-refractivity contribution in [2.75, 3.05) is 6.54 Å². The molecule has 26 heavy (non-hydrogen) atoms. The van der Waals surface area contributed by atoms with E-state index in [0.29, 0.717) is 32.1 Å². The van der Waals surface area contributed by atoms with Crippen LogP contribution < -0.4 is 27.4 Å². The van der Waals surface area contributed by atoms with Crippen LogP contribution in [0.25, 0.3) is 0 Å². The zero-order valence-electron chi connectivity index (χ0n) is 16.2. The number of amides is 2. The van der Waals surface area contributed by atoms with E-state index in [-0.39, 0.29) is 23.7 Å². The second-order valence-corrected chi connectivity index (χ2v) is 7.19. The minimum Gasteiger partial charge on any atom is -0.370 e. The highest BCUT2D eigenvalue weighted by atomic mass is 16.2. The van der Waals surface area contributed by atoms with Gasteiger partial charge in [0, 0.05) is 6.54 Å². The molecular weight excluding hydrogens is 336 g/mol. The minimum atomic E-state index is -0.745. The van der Waals surface area contributed by atoms with Crippen LogP contribution in [0.5, 0.6) is 0 Å². The van der Waals surface area contributed by atoms with Gasteiger partial charge in [-0.25, -0.2) is 0 Å². The number of guanidine groups is 1. The molecule has 0 saturated heterocycles. The molecule has 0 spiro atoms. The predicted octanol–water partition coefficient (Wildman–Crippen LogP) is -0.552. The first-order valence-corrected chi connectivity index (χ1v) is 8.98. The smallest absolute Gasteiger partial charge is 0.243 e. The zero-order chi connectivity index (χ0) is 20.3. The summed E-state index contributed by atoms with van der Waals surface area (Å²) in [6, 6.07) is -2.11. The third-order valence-electron chi connectivity index (χ3n) is 3.86. The third kappa shape index (κ3) is 9.97. The first-order valence-electron chi connectivity index (χ1n) is 8.98. The molecule has 3 atom stereocenters. The first kappa shape index (κ1) is 23.8. The Morgan fingerprint density at radius 3 is 2.19 bits per heavy atom. The van der Waals surface area contributed by atoms with Crippen molar-refractivity contribution >= 4 is 24.1 Å². The average Bonchev–Trinajstić information content (AvgIpc) is 2.55. The lowest BCUT2D eigenvalue weighted by atomic mass is 10.00. The van der Waals surface area contributed by atoms with Gasteiger partial charge < -0.3 is 32.2 Å². The summed E-state index contributed by atoms with van der Waals surface area (Å²) in [5.41, 5.74) is 11.0. The van der Waals surface area contributed by atoms with Gasteiger partial charge in [0.25, 0.3) is 0 Å². The van der Waals surface area contributed by atoms with Crippen molar-refractivity contribution in [3.05, 3.63) is 0 Å². The fraction of sp³-hybridized carbons (Fsp3) is 0.765. The van der Waals surface area contributed by atoms with Gasteiger partial charge in [-0.15, -0.1) is 0 Å². The maximum absolute atomic E-state index is 12.5. The van der Waals surface area contributed by atoms with Crippen LogP contribution in [-0.4, -0.2) is 48.7 Å². The van der Waals surface area contributed by atoms with Crippen LogP contribution in [0.2, 0.25) is 0 Å². The van der Waals surface area contributed by atoms with Crippen molar-refractivity contribution < 1.29 is 14.4 Å². The molecule has 0 aromatic heterocycles. The average molecular weight is 370 g/mol. The summed E-state index contributed by atoms with van der Waals surface area (Å²) in [5, 5.41) is 15.1. The van der Waals surface area contributed by atoms with Crippen molar-refractivity contribution in [2.24, 2.45) is 23.3 Å². The van der Waals surface area contributed by atoms with Gasteiger partial charge in [-0.3, -0.25) is 15.0 Å². The second kappa shape index (κ2) is 12.2. The summed E-state index contributed by atoms with van der Waals surface area (Å²) in [6.45, 7) is 7.99. The summed E-state index contributed by atoms with van der Waals surface area (Å²) >= 11 is 0. The van der Waals surface area contributed by atoms with E-state index < -0.39 is 24.0 Å². The molecule has 0 aliphatic carbocycles. The van der Waals surface area contributed by atoms with Crippen LogP contribution in [0, 0.1) is 17.2 Å². The molecule has 8 N–H and O–H groups in total. The molecule has 0 fully saturated rings. The minimum absolute atomic E-state index is 0.0470. The lowest BCUT2D eigenvalue weighted by molar-refractivity contribution is -0.131. The molecule has 0 aromatic carbocycles. The summed E-state index contributed by atoms with van der Waals surface area (Å²) in [4.78, 5) is 35.9. The summed E-state index contributed by atoms with van der Waals surface area (Å²) in [5.74, 6) is -0.795. The lowest BCUT2D eigenvalue weighted by Crippen LogP contribution is -2.54. The van der Waals surface area contributed by atoms with Crippen LogP contribution in [0.4, 0.5) is 0 Å². The summed E-state index contributed by atoms with van der Waals surface area (Å²) in [7, 11) is 0. The summed E-state index contributed by atoms with van der Waals surface area (Å²) < 4.78 is 0. The number of nitrogens with two attached hydrogens (primary N) is 2. The maximum Gasteiger partial charge on any atom is 0.243 e. The standard InChI is InChI=1S/C17H34N6O3/c1-10(2)8-13(23-16(26)14(18)11(3)4)15(25)22-12(9-24)6-5-7-21-17(19)20/h9-14H,5-8,18H2,1-4H3,(H,22,25)(H,23,26)(H4,19,20,21). The molecule has 0 saturated carbocycles. The van der Waals surface area contributed by atoms with Crippen molar-refractivity contribution in [1.82, 2.24) is 16.0 Å². The Bertz CT molecular complexity index is 481. The normalized spacial score (nSPS) is 14.4. The Labute approximate surface area is 155 Å². The van der Waals surface area contributed by atoms with Crippen LogP contribution in [-0.2, 0) is 14.4 Å². The molecule has 150 valence electrons. The Balaban J connectivity index is 4.76. The van der Waals surface area contributed by atoms with Gasteiger partial charge in [0.2, 0.25) is 11.8 Å². The quantitative estimate of drug-likeness (QED) is 0.117. The summed E-state index contributed by atoms with van der Waals surface area (Å²) in [6.07, 6.45) is 2.08. The fourth-order valence-electron chi connectivity index (χ4n) is 2.28. The molecule has 0 aliphatic heterocycles. The van der Waals surface area contributed by atoms with E-state index in [1.807, 2.05) is 27.7 Å². The Kier molecular flexibility index (Phi) is 11.2. The van der Waals surface area contributed by atoms with Crippen molar-refractivity contribution in [2.45, 2.75) is 65.1 Å².